The molecule has 72 valence electrons. The maximum atomic E-state index is 11.7. The maximum Gasteiger partial charge on any atom is 0.395 e. The molecule has 0 spiro atoms. The lowest BCUT2D eigenvalue weighted by molar-refractivity contribution is -0.151. The number of carbonyl (C=O) groups is 1. The number of furan rings is 1. The Kier molecular flexibility index (Phi) is 2.75. The molecule has 2 nitrogen and oxygen atoms in total. The zero-order valence-electron chi connectivity index (χ0n) is 6.60. The summed E-state index contributed by atoms with van der Waals surface area (Å²) < 4.78 is 39.7. The lowest BCUT2D eigenvalue weighted by Gasteiger charge is -2.03. The smallest absolute Gasteiger partial charge is 0.395 e. The van der Waals surface area contributed by atoms with Crippen LogP contribution in [0.2, 0.25) is 0 Å². The van der Waals surface area contributed by atoms with Crippen molar-refractivity contribution >= 4 is 5.78 Å². The van der Waals surface area contributed by atoms with Crippen molar-refractivity contribution in [2.24, 2.45) is 0 Å². The summed E-state index contributed by atoms with van der Waals surface area (Å²) in [5, 5.41) is 0. The van der Waals surface area contributed by atoms with Gasteiger partial charge in [-0.25, -0.2) is 0 Å². The zero-order valence-corrected chi connectivity index (χ0v) is 6.60. The summed E-state index contributed by atoms with van der Waals surface area (Å²) in [5.41, 5.74) is 0.467. The topological polar surface area (TPSA) is 30.2 Å². The monoisotopic (exact) mass is 192 g/mol. The van der Waals surface area contributed by atoms with Crippen molar-refractivity contribution < 1.29 is 22.4 Å². The first-order valence-corrected chi connectivity index (χ1v) is 3.57. The molecule has 0 bridgehead atoms. The highest BCUT2D eigenvalue weighted by atomic mass is 19.4. The minimum absolute atomic E-state index is 0.226. The van der Waals surface area contributed by atoms with Gasteiger partial charge in [0.05, 0.1) is 12.5 Å². The van der Waals surface area contributed by atoms with Crippen molar-refractivity contribution in [3.05, 3.63) is 24.2 Å². The highest BCUT2D eigenvalue weighted by Gasteiger charge is 2.30. The quantitative estimate of drug-likeness (QED) is 0.735. The molecular weight excluding hydrogens is 185 g/mol. The third kappa shape index (κ3) is 3.78. The first-order valence-electron chi connectivity index (χ1n) is 3.57. The van der Waals surface area contributed by atoms with Crippen LogP contribution >= 0.6 is 0 Å². The fourth-order valence-corrected chi connectivity index (χ4v) is 0.907. The highest BCUT2D eigenvalue weighted by Crippen LogP contribution is 2.20. The Morgan fingerprint density at radius 3 is 2.62 bits per heavy atom. The van der Waals surface area contributed by atoms with Crippen LogP contribution in [0.15, 0.2) is 23.0 Å². The normalized spacial score (nSPS) is 11.6. The van der Waals surface area contributed by atoms with Crippen LogP contribution in [0.3, 0.4) is 0 Å². The van der Waals surface area contributed by atoms with Crippen molar-refractivity contribution in [1.29, 1.82) is 0 Å². The number of hydrogen-bond donors (Lipinski definition) is 0. The molecule has 13 heavy (non-hydrogen) atoms. The molecule has 0 aliphatic rings. The van der Waals surface area contributed by atoms with Crippen LogP contribution in [0.4, 0.5) is 13.2 Å². The van der Waals surface area contributed by atoms with Crippen molar-refractivity contribution in [3.8, 4) is 0 Å². The molecule has 0 aliphatic heterocycles. The van der Waals surface area contributed by atoms with Crippen molar-refractivity contribution in [2.75, 3.05) is 0 Å². The van der Waals surface area contributed by atoms with E-state index in [0.717, 1.165) is 0 Å². The molecule has 0 amide bonds. The van der Waals surface area contributed by atoms with E-state index in [1.807, 2.05) is 0 Å². The second-order valence-corrected chi connectivity index (χ2v) is 2.64. The second-order valence-electron chi connectivity index (χ2n) is 2.64. The highest BCUT2D eigenvalue weighted by molar-refractivity contribution is 5.81. The lowest BCUT2D eigenvalue weighted by atomic mass is 10.1. The Morgan fingerprint density at radius 2 is 2.15 bits per heavy atom. The molecule has 5 heteroatoms. The van der Waals surface area contributed by atoms with Crippen LogP contribution in [0, 0.1) is 0 Å². The van der Waals surface area contributed by atoms with E-state index >= 15 is 0 Å². The summed E-state index contributed by atoms with van der Waals surface area (Å²) in [4.78, 5) is 10.8. The maximum absolute atomic E-state index is 11.7. The van der Waals surface area contributed by atoms with Crippen LogP contribution in [0.25, 0.3) is 0 Å². The fourth-order valence-electron chi connectivity index (χ4n) is 0.907. The van der Waals surface area contributed by atoms with Gasteiger partial charge < -0.3 is 4.42 Å². The molecule has 1 heterocycles. The summed E-state index contributed by atoms with van der Waals surface area (Å²) in [6.07, 6.45) is -3.44. The number of halogens is 3. The Hall–Kier alpha value is -1.26. The van der Waals surface area contributed by atoms with E-state index in [0.29, 0.717) is 5.56 Å². The Balaban J connectivity index is 2.43. The van der Waals surface area contributed by atoms with Crippen LogP contribution in [-0.2, 0) is 11.2 Å². The van der Waals surface area contributed by atoms with Gasteiger partial charge in [-0.15, -0.1) is 0 Å². The Bertz CT molecular complexity index is 274. The van der Waals surface area contributed by atoms with E-state index in [9.17, 15) is 18.0 Å². The molecule has 0 aromatic carbocycles. The molecule has 1 aromatic rings. The van der Waals surface area contributed by atoms with Gasteiger partial charge in [-0.05, 0) is 11.6 Å². The molecule has 0 atom stereocenters. The predicted octanol–water partition coefficient (Wildman–Crippen LogP) is 2.34. The first kappa shape index (κ1) is 9.83. The van der Waals surface area contributed by atoms with Crippen LogP contribution < -0.4 is 0 Å². The number of rotatable bonds is 3. The van der Waals surface area contributed by atoms with Gasteiger partial charge in [0.2, 0.25) is 0 Å². The van der Waals surface area contributed by atoms with Gasteiger partial charge in [0, 0.05) is 6.42 Å². The number of alkyl halides is 3. The molecule has 0 saturated carbocycles. The van der Waals surface area contributed by atoms with E-state index in [1.165, 1.54) is 18.6 Å². The minimum Gasteiger partial charge on any atom is -0.472 e. The summed E-state index contributed by atoms with van der Waals surface area (Å²) in [7, 11) is 0. The predicted molar refractivity (Wildman–Crippen MR) is 38.1 cm³/mol. The largest absolute Gasteiger partial charge is 0.472 e. The van der Waals surface area contributed by atoms with Gasteiger partial charge in [0.25, 0.3) is 0 Å². The first-order chi connectivity index (χ1) is 5.97. The number of carbonyl (C=O) groups excluding carboxylic acids is 1. The van der Waals surface area contributed by atoms with Gasteiger partial charge in [-0.2, -0.15) is 13.2 Å². The number of Topliss-reactive ketones (excluding diaryl/α,β-unsaturated/α-hetero) is 1. The summed E-state index contributed by atoms with van der Waals surface area (Å²) in [6.45, 7) is 0. The van der Waals surface area contributed by atoms with E-state index in [1.54, 1.807) is 0 Å². The van der Waals surface area contributed by atoms with Crippen LogP contribution in [-0.4, -0.2) is 12.0 Å². The molecule has 0 saturated heterocycles. The SMILES string of the molecule is O=C(Cc1ccoc1)CC(F)(F)F. The molecule has 1 aromatic heterocycles. The molecule has 0 N–H and O–H groups in total. The third-order valence-electron chi connectivity index (χ3n) is 1.38. The summed E-state index contributed by atoms with van der Waals surface area (Å²) in [5.74, 6) is -0.853. The molecule has 0 fully saturated rings. The zero-order chi connectivity index (χ0) is 9.90. The second kappa shape index (κ2) is 3.64. The van der Waals surface area contributed by atoms with Crippen molar-refractivity contribution in [1.82, 2.24) is 0 Å². The van der Waals surface area contributed by atoms with Gasteiger partial charge in [0.1, 0.15) is 12.2 Å². The van der Waals surface area contributed by atoms with Crippen molar-refractivity contribution in [3.63, 3.8) is 0 Å². The summed E-state index contributed by atoms with van der Waals surface area (Å²) in [6, 6.07) is 1.47. The molecule has 0 radical (unpaired) electrons. The van der Waals surface area contributed by atoms with E-state index < -0.39 is 18.4 Å². The Morgan fingerprint density at radius 1 is 1.46 bits per heavy atom. The average Bonchev–Trinajstić information content (AvgIpc) is 2.34. The molecule has 1 rings (SSSR count). The van der Waals surface area contributed by atoms with Crippen LogP contribution in [0.1, 0.15) is 12.0 Å². The van der Waals surface area contributed by atoms with E-state index in [-0.39, 0.29) is 6.42 Å². The van der Waals surface area contributed by atoms with E-state index in [4.69, 9.17) is 0 Å². The number of hydrogen-bond acceptors (Lipinski definition) is 2. The van der Waals surface area contributed by atoms with E-state index in [2.05, 4.69) is 4.42 Å². The summed E-state index contributed by atoms with van der Waals surface area (Å²) >= 11 is 0. The molecule has 0 unspecified atom stereocenters. The fraction of sp³-hybridized carbons (Fsp3) is 0.375. The number of ketones is 1. The minimum atomic E-state index is -4.42. The molecule has 0 aliphatic carbocycles. The average molecular weight is 192 g/mol. The van der Waals surface area contributed by atoms with Crippen molar-refractivity contribution in [2.45, 2.75) is 19.0 Å². The standard InChI is InChI=1S/C8H7F3O2/c9-8(10,11)4-7(12)3-6-1-2-13-5-6/h1-2,5H,3-4H2. The third-order valence-corrected chi connectivity index (χ3v) is 1.38. The van der Waals surface area contributed by atoms with Gasteiger partial charge in [-0.1, -0.05) is 0 Å². The van der Waals surface area contributed by atoms with Crippen LogP contribution in [0.5, 0.6) is 0 Å². The van der Waals surface area contributed by atoms with Gasteiger partial charge >= 0.3 is 6.18 Å². The molecular formula is C8H7F3O2. The van der Waals surface area contributed by atoms with Gasteiger partial charge in [-0.3, -0.25) is 4.79 Å². The Labute approximate surface area is 72.3 Å². The van der Waals surface area contributed by atoms with Gasteiger partial charge in [0.15, 0.2) is 0 Å². The lowest BCUT2D eigenvalue weighted by Crippen LogP contribution is -2.16.